The Kier molecular flexibility index (Phi) is 2.69. The van der Waals surface area contributed by atoms with E-state index in [4.69, 9.17) is 5.11 Å². The lowest BCUT2D eigenvalue weighted by atomic mass is 10.1. The Morgan fingerprint density at radius 3 is 2.50 bits per heavy atom. The molecule has 1 aromatic rings. The first-order valence-electron chi connectivity index (χ1n) is 3.39. The molecule has 0 fully saturated rings. The molecule has 0 spiro atoms. The highest BCUT2D eigenvalue weighted by Crippen LogP contribution is 2.33. The number of phenols is 1. The van der Waals surface area contributed by atoms with Crippen molar-refractivity contribution in [2.75, 3.05) is 0 Å². The summed E-state index contributed by atoms with van der Waals surface area (Å²) in [7, 11) is 0. The number of phenolic OH excluding ortho intramolecular Hbond substituents is 1. The second kappa shape index (κ2) is 3.41. The molecular formula is C8H8BrFO2. The van der Waals surface area contributed by atoms with E-state index < -0.39 is 17.7 Å². The zero-order chi connectivity index (χ0) is 9.30. The Morgan fingerprint density at radius 2 is 2.08 bits per heavy atom. The van der Waals surface area contributed by atoms with Crippen molar-refractivity contribution in [2.45, 2.75) is 13.0 Å². The number of aliphatic hydroxyl groups is 1. The van der Waals surface area contributed by atoms with Gasteiger partial charge in [0.15, 0.2) is 11.6 Å². The van der Waals surface area contributed by atoms with Crippen LogP contribution in [-0.4, -0.2) is 10.2 Å². The van der Waals surface area contributed by atoms with Crippen LogP contribution in [0.3, 0.4) is 0 Å². The van der Waals surface area contributed by atoms with E-state index in [1.54, 1.807) is 0 Å². The van der Waals surface area contributed by atoms with E-state index in [-0.39, 0.29) is 5.56 Å². The molecule has 0 saturated heterocycles. The number of halogens is 2. The van der Waals surface area contributed by atoms with E-state index in [2.05, 4.69) is 15.9 Å². The molecule has 0 aliphatic rings. The fraction of sp³-hybridized carbons (Fsp3) is 0.250. The maximum Gasteiger partial charge on any atom is 0.165 e. The highest BCUT2D eigenvalue weighted by Gasteiger charge is 2.14. The van der Waals surface area contributed by atoms with Crippen molar-refractivity contribution >= 4 is 15.9 Å². The van der Waals surface area contributed by atoms with Crippen molar-refractivity contribution in [1.82, 2.24) is 0 Å². The van der Waals surface area contributed by atoms with Crippen LogP contribution in [0.5, 0.6) is 5.75 Å². The Morgan fingerprint density at radius 1 is 1.50 bits per heavy atom. The first-order chi connectivity index (χ1) is 5.54. The first-order valence-corrected chi connectivity index (χ1v) is 4.18. The molecule has 0 aliphatic heterocycles. The van der Waals surface area contributed by atoms with Crippen molar-refractivity contribution < 1.29 is 14.6 Å². The fourth-order valence-electron chi connectivity index (χ4n) is 0.954. The summed E-state index contributed by atoms with van der Waals surface area (Å²) in [6.45, 7) is 1.46. The van der Waals surface area contributed by atoms with Gasteiger partial charge in [0.05, 0.1) is 6.10 Å². The smallest absolute Gasteiger partial charge is 0.165 e. The monoisotopic (exact) mass is 234 g/mol. The van der Waals surface area contributed by atoms with Crippen molar-refractivity contribution in [2.24, 2.45) is 0 Å². The van der Waals surface area contributed by atoms with E-state index in [1.807, 2.05) is 0 Å². The molecule has 0 aromatic heterocycles. The number of hydrogen-bond acceptors (Lipinski definition) is 2. The summed E-state index contributed by atoms with van der Waals surface area (Å²) < 4.78 is 13.2. The third-order valence-electron chi connectivity index (χ3n) is 1.53. The topological polar surface area (TPSA) is 40.5 Å². The van der Waals surface area contributed by atoms with Crippen molar-refractivity contribution in [3.05, 3.63) is 28.0 Å². The molecule has 0 aliphatic carbocycles. The highest BCUT2D eigenvalue weighted by molar-refractivity contribution is 9.10. The van der Waals surface area contributed by atoms with Crippen LogP contribution in [0.25, 0.3) is 0 Å². The van der Waals surface area contributed by atoms with Gasteiger partial charge in [-0.2, -0.15) is 0 Å². The Labute approximate surface area is 77.8 Å². The lowest BCUT2D eigenvalue weighted by Crippen LogP contribution is -1.95. The number of aliphatic hydroxyl groups excluding tert-OH is 1. The molecule has 12 heavy (non-hydrogen) atoms. The molecule has 0 amide bonds. The molecule has 0 heterocycles. The van der Waals surface area contributed by atoms with Crippen LogP contribution in [0.15, 0.2) is 16.6 Å². The maximum absolute atomic E-state index is 12.7. The number of aromatic hydroxyl groups is 1. The zero-order valence-corrected chi connectivity index (χ0v) is 7.97. The average Bonchev–Trinajstić information content (AvgIpc) is 1.97. The van der Waals surface area contributed by atoms with Crippen LogP contribution in [0, 0.1) is 5.82 Å². The van der Waals surface area contributed by atoms with Crippen LogP contribution in [-0.2, 0) is 0 Å². The number of hydrogen-bond donors (Lipinski definition) is 2. The highest BCUT2D eigenvalue weighted by atomic mass is 79.9. The van der Waals surface area contributed by atoms with Crippen molar-refractivity contribution in [3.63, 3.8) is 0 Å². The van der Waals surface area contributed by atoms with E-state index in [1.165, 1.54) is 13.0 Å². The SMILES string of the molecule is CC(O)c1c(Br)ccc(F)c1O. The van der Waals surface area contributed by atoms with Crippen LogP contribution in [0.2, 0.25) is 0 Å². The third kappa shape index (κ3) is 1.59. The molecule has 1 unspecified atom stereocenters. The summed E-state index contributed by atoms with van der Waals surface area (Å²) in [4.78, 5) is 0. The molecule has 1 aromatic carbocycles. The largest absolute Gasteiger partial charge is 0.505 e. The van der Waals surface area contributed by atoms with Gasteiger partial charge in [-0.1, -0.05) is 15.9 Å². The number of rotatable bonds is 1. The molecule has 4 heteroatoms. The summed E-state index contributed by atoms with van der Waals surface area (Å²) in [5.41, 5.74) is 0.176. The predicted molar refractivity (Wildman–Crippen MR) is 46.4 cm³/mol. The number of benzene rings is 1. The van der Waals surface area contributed by atoms with Crippen LogP contribution < -0.4 is 0 Å². The quantitative estimate of drug-likeness (QED) is 0.784. The minimum Gasteiger partial charge on any atom is -0.505 e. The second-order valence-corrected chi connectivity index (χ2v) is 3.32. The van der Waals surface area contributed by atoms with Gasteiger partial charge in [0.2, 0.25) is 0 Å². The summed E-state index contributed by atoms with van der Waals surface area (Å²) in [5.74, 6) is -1.23. The summed E-state index contributed by atoms with van der Waals surface area (Å²) in [6, 6.07) is 2.57. The molecule has 0 saturated carbocycles. The minimum absolute atomic E-state index is 0.176. The van der Waals surface area contributed by atoms with Gasteiger partial charge in [0.1, 0.15) is 0 Å². The molecule has 2 nitrogen and oxygen atoms in total. The minimum atomic E-state index is -0.893. The van der Waals surface area contributed by atoms with Gasteiger partial charge in [-0.25, -0.2) is 4.39 Å². The molecule has 2 N–H and O–H groups in total. The summed E-state index contributed by atoms with van der Waals surface area (Å²) >= 11 is 3.10. The van der Waals surface area contributed by atoms with Gasteiger partial charge < -0.3 is 10.2 Å². The molecule has 1 rings (SSSR count). The van der Waals surface area contributed by atoms with Gasteiger partial charge in [0.25, 0.3) is 0 Å². The van der Waals surface area contributed by atoms with Gasteiger partial charge in [-0.3, -0.25) is 0 Å². The van der Waals surface area contributed by atoms with Gasteiger partial charge >= 0.3 is 0 Å². The fourth-order valence-corrected chi connectivity index (χ4v) is 1.61. The van der Waals surface area contributed by atoms with Gasteiger partial charge in [0, 0.05) is 10.0 Å². The zero-order valence-electron chi connectivity index (χ0n) is 6.38. The average molecular weight is 235 g/mol. The molecule has 66 valence electrons. The van der Waals surface area contributed by atoms with Crippen molar-refractivity contribution in [3.8, 4) is 5.75 Å². The van der Waals surface area contributed by atoms with Crippen LogP contribution in [0.1, 0.15) is 18.6 Å². The Hall–Kier alpha value is -0.610. The molecular weight excluding hydrogens is 227 g/mol. The van der Waals surface area contributed by atoms with E-state index in [9.17, 15) is 9.50 Å². The van der Waals surface area contributed by atoms with Gasteiger partial charge in [-0.05, 0) is 19.1 Å². The lowest BCUT2D eigenvalue weighted by molar-refractivity contribution is 0.193. The van der Waals surface area contributed by atoms with Crippen LogP contribution >= 0.6 is 15.9 Å². The second-order valence-electron chi connectivity index (χ2n) is 2.47. The summed E-state index contributed by atoms with van der Waals surface area (Å²) in [6.07, 6.45) is -0.893. The molecule has 0 radical (unpaired) electrons. The van der Waals surface area contributed by atoms with Crippen molar-refractivity contribution in [1.29, 1.82) is 0 Å². The summed E-state index contributed by atoms with van der Waals surface area (Å²) in [5, 5.41) is 18.3. The van der Waals surface area contributed by atoms with Gasteiger partial charge in [-0.15, -0.1) is 0 Å². The maximum atomic E-state index is 12.7. The Balaban J connectivity index is 3.33. The third-order valence-corrected chi connectivity index (χ3v) is 2.22. The van der Waals surface area contributed by atoms with E-state index in [0.717, 1.165) is 6.07 Å². The molecule has 1 atom stereocenters. The lowest BCUT2D eigenvalue weighted by Gasteiger charge is -2.09. The predicted octanol–water partition coefficient (Wildman–Crippen LogP) is 2.35. The van der Waals surface area contributed by atoms with Crippen LogP contribution in [0.4, 0.5) is 4.39 Å². The van der Waals surface area contributed by atoms with E-state index in [0.29, 0.717) is 4.47 Å². The molecule has 0 bridgehead atoms. The van der Waals surface area contributed by atoms with E-state index >= 15 is 0 Å². The first kappa shape index (κ1) is 9.48. The Bertz CT molecular complexity index is 299. The normalized spacial score (nSPS) is 13.0. The standard InChI is InChI=1S/C8H8BrFO2/c1-4(11)7-5(9)2-3-6(10)8(7)12/h2-4,11-12H,1H3.